The number of rotatable bonds is 7. The van der Waals surface area contributed by atoms with Crippen LogP contribution in [0, 0.1) is 21.0 Å². The lowest BCUT2D eigenvalue weighted by Crippen LogP contribution is -2.69. The monoisotopic (exact) mass is 548 g/mol. The van der Waals surface area contributed by atoms with E-state index in [9.17, 15) is 22.8 Å². The maximum Gasteiger partial charge on any atom is 0.303 e. The number of carbonyl (C=O) groups is 2. The fraction of sp³-hybridized carbons (Fsp3) is 0.300. The molecular weight excluding hydrogens is 528 g/mol. The van der Waals surface area contributed by atoms with Crippen LogP contribution < -0.4 is 16.2 Å². The zero-order valence-corrected chi connectivity index (χ0v) is 18.8. The zero-order chi connectivity index (χ0) is 22.8. The molecule has 7 nitrogen and oxygen atoms in total. The van der Waals surface area contributed by atoms with E-state index < -0.39 is 40.6 Å². The highest BCUT2D eigenvalue weighted by Gasteiger charge is 2.48. The summed E-state index contributed by atoms with van der Waals surface area (Å²) in [5.74, 6) is -4.27. The Morgan fingerprint density at radius 2 is 1.87 bits per heavy atom. The number of esters is 1. The van der Waals surface area contributed by atoms with E-state index in [1.165, 1.54) is 24.0 Å². The van der Waals surface area contributed by atoms with Gasteiger partial charge in [-0.25, -0.2) is 13.2 Å². The highest BCUT2D eigenvalue weighted by atomic mass is 127. The lowest BCUT2D eigenvalue weighted by molar-refractivity contribution is -0.172. The van der Waals surface area contributed by atoms with Gasteiger partial charge in [-0.2, -0.15) is 0 Å². The van der Waals surface area contributed by atoms with Crippen LogP contribution in [-0.2, 0) is 9.53 Å². The smallest absolute Gasteiger partial charge is 0.303 e. The van der Waals surface area contributed by atoms with Crippen molar-refractivity contribution >= 4 is 45.8 Å². The third-order valence-electron chi connectivity index (χ3n) is 4.71. The second-order valence-electron chi connectivity index (χ2n) is 7.07. The molecule has 166 valence electrons. The van der Waals surface area contributed by atoms with Gasteiger partial charge in [-0.15, -0.1) is 0 Å². The summed E-state index contributed by atoms with van der Waals surface area (Å²) in [6.45, 7) is 1.61. The Balaban J connectivity index is 1.86. The molecule has 2 aromatic carbocycles. The first-order valence-electron chi connectivity index (χ1n) is 9.24. The first-order chi connectivity index (χ1) is 14.7. The summed E-state index contributed by atoms with van der Waals surface area (Å²) in [4.78, 5) is 25.8. The van der Waals surface area contributed by atoms with E-state index in [2.05, 4.69) is 16.2 Å². The second kappa shape index (κ2) is 9.40. The largest absolute Gasteiger partial charge is 0.454 e. The SMILES string of the molecule is CNNCC1(OC(C)=O)CN(C(=O)c2ccc(F)c(F)c2Nc2ccc(I)cc2F)C1. The molecule has 1 aliphatic heterocycles. The molecule has 0 unspecified atom stereocenters. The molecule has 0 radical (unpaired) electrons. The number of benzene rings is 2. The summed E-state index contributed by atoms with van der Waals surface area (Å²) in [5.41, 5.74) is 3.87. The summed E-state index contributed by atoms with van der Waals surface area (Å²) in [5, 5.41) is 2.50. The molecule has 1 heterocycles. The van der Waals surface area contributed by atoms with Crippen molar-refractivity contribution in [1.82, 2.24) is 15.8 Å². The summed E-state index contributed by atoms with van der Waals surface area (Å²) in [6.07, 6.45) is 0. The normalized spacial score (nSPS) is 14.7. The van der Waals surface area contributed by atoms with Crippen molar-refractivity contribution in [2.45, 2.75) is 12.5 Å². The van der Waals surface area contributed by atoms with Crippen molar-refractivity contribution in [3.63, 3.8) is 0 Å². The third-order valence-corrected chi connectivity index (χ3v) is 5.38. The molecule has 0 aromatic heterocycles. The standard InChI is InChI=1S/C20H20F3IN4O3/c1-11(29)31-20(8-26-25-2)9-28(10-20)19(30)13-4-5-14(21)17(23)18(13)27-16-6-3-12(24)7-15(16)22/h3-7,25-27H,8-10H2,1-2H3. The number of amides is 1. The van der Waals surface area contributed by atoms with Crippen molar-refractivity contribution in [2.24, 2.45) is 0 Å². The zero-order valence-electron chi connectivity index (χ0n) is 16.7. The van der Waals surface area contributed by atoms with Crippen molar-refractivity contribution < 1.29 is 27.5 Å². The van der Waals surface area contributed by atoms with Gasteiger partial charge in [-0.1, -0.05) is 0 Å². The Morgan fingerprint density at radius 1 is 1.16 bits per heavy atom. The number of ether oxygens (including phenoxy) is 1. The average Bonchev–Trinajstić information content (AvgIpc) is 2.68. The highest BCUT2D eigenvalue weighted by molar-refractivity contribution is 14.1. The Labute approximate surface area is 190 Å². The van der Waals surface area contributed by atoms with Crippen LogP contribution in [0.25, 0.3) is 0 Å². The van der Waals surface area contributed by atoms with Crippen LogP contribution in [0.3, 0.4) is 0 Å². The van der Waals surface area contributed by atoms with Crippen LogP contribution in [0.15, 0.2) is 30.3 Å². The van der Waals surface area contributed by atoms with Crippen molar-refractivity contribution in [3.05, 3.63) is 56.9 Å². The predicted molar refractivity (Wildman–Crippen MR) is 116 cm³/mol. The van der Waals surface area contributed by atoms with Gasteiger partial charge in [0.15, 0.2) is 17.2 Å². The number of likely N-dealkylation sites (tertiary alicyclic amines) is 1. The van der Waals surface area contributed by atoms with E-state index in [0.717, 1.165) is 12.1 Å². The molecule has 2 aromatic rings. The molecule has 0 aliphatic carbocycles. The summed E-state index contributed by atoms with van der Waals surface area (Å²) >= 11 is 1.92. The molecule has 1 saturated heterocycles. The van der Waals surface area contributed by atoms with E-state index in [1.54, 1.807) is 13.1 Å². The predicted octanol–water partition coefficient (Wildman–Crippen LogP) is 2.93. The first kappa shape index (κ1) is 23.3. The molecule has 1 aliphatic rings. The first-order valence-corrected chi connectivity index (χ1v) is 10.3. The molecule has 0 spiro atoms. The number of carbonyl (C=O) groups excluding carboxylic acids is 2. The van der Waals surface area contributed by atoms with Gasteiger partial charge in [0.05, 0.1) is 36.6 Å². The summed E-state index contributed by atoms with van der Waals surface area (Å²) in [6, 6.07) is 6.14. The second-order valence-corrected chi connectivity index (χ2v) is 8.32. The Bertz CT molecular complexity index is 1020. The Morgan fingerprint density at radius 3 is 2.48 bits per heavy atom. The van der Waals surface area contributed by atoms with E-state index in [4.69, 9.17) is 4.74 Å². The molecule has 1 fully saturated rings. The number of halogens is 4. The van der Waals surface area contributed by atoms with Crippen molar-refractivity contribution in [1.29, 1.82) is 0 Å². The summed E-state index contributed by atoms with van der Waals surface area (Å²) < 4.78 is 48.7. The number of nitrogens with one attached hydrogen (secondary N) is 3. The summed E-state index contributed by atoms with van der Waals surface area (Å²) in [7, 11) is 1.64. The van der Waals surface area contributed by atoms with Gasteiger partial charge >= 0.3 is 5.97 Å². The van der Waals surface area contributed by atoms with Crippen LogP contribution in [-0.4, -0.2) is 49.1 Å². The Kier molecular flexibility index (Phi) is 7.06. The molecule has 0 atom stereocenters. The van der Waals surface area contributed by atoms with Gasteiger partial charge in [0.2, 0.25) is 0 Å². The number of hydrogen-bond acceptors (Lipinski definition) is 6. The molecule has 31 heavy (non-hydrogen) atoms. The van der Waals surface area contributed by atoms with Crippen LogP contribution in [0.2, 0.25) is 0 Å². The fourth-order valence-corrected chi connectivity index (χ4v) is 3.76. The van der Waals surface area contributed by atoms with Gasteiger partial charge in [0, 0.05) is 10.5 Å². The number of anilines is 2. The van der Waals surface area contributed by atoms with E-state index >= 15 is 0 Å². The quantitative estimate of drug-likeness (QED) is 0.281. The highest BCUT2D eigenvalue weighted by Crippen LogP contribution is 2.32. The van der Waals surface area contributed by atoms with E-state index in [1.807, 2.05) is 22.6 Å². The minimum absolute atomic E-state index is 0.0520. The minimum Gasteiger partial charge on any atom is -0.454 e. The molecule has 11 heteroatoms. The molecular formula is C20H20F3IN4O3. The number of hydrogen-bond donors (Lipinski definition) is 3. The van der Waals surface area contributed by atoms with Crippen molar-refractivity contribution in [2.75, 3.05) is 32.0 Å². The molecule has 0 saturated carbocycles. The van der Waals surface area contributed by atoms with Gasteiger partial charge < -0.3 is 15.0 Å². The molecule has 0 bridgehead atoms. The van der Waals surface area contributed by atoms with Crippen molar-refractivity contribution in [3.8, 4) is 0 Å². The average molecular weight is 548 g/mol. The minimum atomic E-state index is -1.30. The molecule has 3 rings (SSSR count). The van der Waals surface area contributed by atoms with Gasteiger partial charge in [-0.3, -0.25) is 20.4 Å². The number of hydrazine groups is 1. The maximum absolute atomic E-state index is 14.6. The van der Waals surface area contributed by atoms with E-state index in [-0.39, 0.29) is 30.9 Å². The van der Waals surface area contributed by atoms with Gasteiger partial charge in [0.1, 0.15) is 5.82 Å². The van der Waals surface area contributed by atoms with E-state index in [0.29, 0.717) is 3.57 Å². The lowest BCUT2D eigenvalue weighted by atomic mass is 9.92. The molecule has 3 N–H and O–H groups in total. The Hall–Kier alpha value is -2.38. The number of nitrogens with zero attached hydrogens (tertiary/aromatic N) is 1. The van der Waals surface area contributed by atoms with Crippen LogP contribution in [0.4, 0.5) is 24.5 Å². The topological polar surface area (TPSA) is 82.7 Å². The van der Waals surface area contributed by atoms with Crippen LogP contribution in [0.1, 0.15) is 17.3 Å². The van der Waals surface area contributed by atoms with Crippen LogP contribution >= 0.6 is 22.6 Å². The van der Waals surface area contributed by atoms with Gasteiger partial charge in [0.25, 0.3) is 5.91 Å². The van der Waals surface area contributed by atoms with Gasteiger partial charge in [-0.05, 0) is 60.0 Å². The molecule has 1 amide bonds. The third kappa shape index (κ3) is 5.10. The van der Waals surface area contributed by atoms with Crippen LogP contribution in [0.5, 0.6) is 0 Å². The fourth-order valence-electron chi connectivity index (χ4n) is 3.31. The maximum atomic E-state index is 14.6. The lowest BCUT2D eigenvalue weighted by Gasteiger charge is -2.48.